The first-order valence-corrected chi connectivity index (χ1v) is 7.63. The summed E-state index contributed by atoms with van der Waals surface area (Å²) < 4.78 is 0. The van der Waals surface area contributed by atoms with E-state index in [4.69, 9.17) is 34.0 Å². The number of nitrogens with one attached hydrogen (secondary N) is 1. The zero-order valence-electron chi connectivity index (χ0n) is 10.4. The van der Waals surface area contributed by atoms with E-state index in [0.717, 1.165) is 0 Å². The van der Waals surface area contributed by atoms with Crippen LogP contribution in [0.2, 0.25) is 10.0 Å². The molecular formula is C12H14Cl2N2O3S. The van der Waals surface area contributed by atoms with Crippen LogP contribution in [-0.4, -0.2) is 34.5 Å². The van der Waals surface area contributed by atoms with Gasteiger partial charge in [0.2, 0.25) is 5.91 Å². The molecule has 1 aromatic carbocycles. The molecule has 20 heavy (non-hydrogen) atoms. The Bertz CT molecular complexity index is 479. The molecule has 0 aliphatic carbocycles. The number of hydrogen-bond donors (Lipinski definition) is 3. The van der Waals surface area contributed by atoms with Crippen LogP contribution < -0.4 is 11.1 Å². The number of halogens is 2. The van der Waals surface area contributed by atoms with Crippen molar-refractivity contribution in [2.24, 2.45) is 5.73 Å². The Hall–Kier alpha value is -0.950. The summed E-state index contributed by atoms with van der Waals surface area (Å²) in [7, 11) is 0. The molecule has 0 aliphatic rings. The third kappa shape index (κ3) is 5.58. The van der Waals surface area contributed by atoms with Gasteiger partial charge in [-0.3, -0.25) is 9.59 Å². The van der Waals surface area contributed by atoms with E-state index >= 15 is 0 Å². The number of hydrogen-bond acceptors (Lipinski definition) is 4. The molecule has 1 unspecified atom stereocenters. The Morgan fingerprint density at radius 3 is 2.50 bits per heavy atom. The smallest absolute Gasteiger partial charge is 0.320 e. The number of carbonyl (C=O) groups excluding carboxylic acids is 1. The summed E-state index contributed by atoms with van der Waals surface area (Å²) in [6.45, 7) is 0. The van der Waals surface area contributed by atoms with Gasteiger partial charge in [0.25, 0.3) is 0 Å². The number of carbonyl (C=O) groups is 2. The minimum absolute atomic E-state index is 0.174. The molecule has 0 aromatic heterocycles. The van der Waals surface area contributed by atoms with E-state index in [-0.39, 0.29) is 11.7 Å². The molecule has 8 heteroatoms. The lowest BCUT2D eigenvalue weighted by Gasteiger charge is -2.09. The number of carboxylic acids is 1. The van der Waals surface area contributed by atoms with Gasteiger partial charge in [0.15, 0.2) is 0 Å². The zero-order chi connectivity index (χ0) is 15.1. The first kappa shape index (κ1) is 17.1. The van der Waals surface area contributed by atoms with Crippen LogP contribution in [0.25, 0.3) is 0 Å². The Labute approximate surface area is 130 Å². The van der Waals surface area contributed by atoms with E-state index < -0.39 is 12.0 Å². The lowest BCUT2D eigenvalue weighted by Crippen LogP contribution is -2.30. The fourth-order valence-electron chi connectivity index (χ4n) is 1.29. The molecule has 0 saturated carbocycles. The minimum atomic E-state index is -1.04. The maximum Gasteiger partial charge on any atom is 0.320 e. The van der Waals surface area contributed by atoms with Gasteiger partial charge in [-0.2, -0.15) is 11.8 Å². The fraction of sp³-hybridized carbons (Fsp3) is 0.333. The number of thioether (sulfide) groups is 1. The molecule has 5 nitrogen and oxygen atoms in total. The highest BCUT2D eigenvalue weighted by atomic mass is 35.5. The molecule has 1 atom stereocenters. The van der Waals surface area contributed by atoms with Crippen molar-refractivity contribution >= 4 is 52.5 Å². The normalized spacial score (nSPS) is 11.9. The molecule has 0 saturated heterocycles. The summed E-state index contributed by atoms with van der Waals surface area (Å²) >= 11 is 13.1. The lowest BCUT2D eigenvalue weighted by molar-refractivity contribution is -0.138. The number of anilines is 1. The summed E-state index contributed by atoms with van der Waals surface area (Å²) in [5.74, 6) is -0.641. The van der Waals surface area contributed by atoms with Crippen molar-refractivity contribution in [1.82, 2.24) is 0 Å². The third-order valence-corrected chi connectivity index (χ3v) is 3.97. The number of aliphatic carboxylic acids is 1. The van der Waals surface area contributed by atoms with Gasteiger partial charge >= 0.3 is 5.97 Å². The second-order valence-corrected chi connectivity index (χ2v) is 5.85. The van der Waals surface area contributed by atoms with Crippen LogP contribution in [0.1, 0.15) is 6.42 Å². The number of carboxylic acid groups (broad SMARTS) is 1. The summed E-state index contributed by atoms with van der Waals surface area (Å²) in [5.41, 5.74) is 5.73. The second kappa shape index (κ2) is 8.36. The topological polar surface area (TPSA) is 92.4 Å². The number of amides is 1. The molecular weight excluding hydrogens is 323 g/mol. The fourth-order valence-corrected chi connectivity index (χ4v) is 2.61. The van der Waals surface area contributed by atoms with Crippen LogP contribution in [-0.2, 0) is 9.59 Å². The maximum absolute atomic E-state index is 11.7. The average Bonchev–Trinajstić information content (AvgIpc) is 2.38. The predicted molar refractivity (Wildman–Crippen MR) is 82.6 cm³/mol. The van der Waals surface area contributed by atoms with E-state index in [9.17, 15) is 9.59 Å². The Kier molecular flexibility index (Phi) is 7.15. The van der Waals surface area contributed by atoms with Crippen molar-refractivity contribution in [2.75, 3.05) is 16.8 Å². The number of benzene rings is 1. The van der Waals surface area contributed by atoms with Gasteiger partial charge in [-0.05, 0) is 24.3 Å². The first-order chi connectivity index (χ1) is 9.41. The molecule has 0 bridgehead atoms. The van der Waals surface area contributed by atoms with Crippen molar-refractivity contribution in [3.63, 3.8) is 0 Å². The molecule has 0 radical (unpaired) electrons. The van der Waals surface area contributed by atoms with E-state index in [2.05, 4.69) is 5.32 Å². The quantitative estimate of drug-likeness (QED) is 0.665. The predicted octanol–water partition coefficient (Wildman–Crippen LogP) is 2.47. The maximum atomic E-state index is 11.7. The molecule has 0 heterocycles. The van der Waals surface area contributed by atoms with Gasteiger partial charge in [-0.15, -0.1) is 0 Å². The van der Waals surface area contributed by atoms with Crippen molar-refractivity contribution in [3.05, 3.63) is 28.2 Å². The highest BCUT2D eigenvalue weighted by Crippen LogP contribution is 2.29. The standard InChI is InChI=1S/C12H14Cl2N2O3S/c13-7-2-1-3-8(14)11(7)16-10(17)6-20-5-4-9(15)12(18)19/h1-3,9H,4-6,15H2,(H,16,17)(H,18,19). The summed E-state index contributed by atoms with van der Waals surface area (Å²) in [4.78, 5) is 22.2. The Morgan fingerprint density at radius 1 is 1.35 bits per heavy atom. The highest BCUT2D eigenvalue weighted by molar-refractivity contribution is 7.99. The molecule has 0 aliphatic heterocycles. The van der Waals surface area contributed by atoms with Gasteiger partial charge in [0, 0.05) is 0 Å². The summed E-state index contributed by atoms with van der Waals surface area (Å²) in [5, 5.41) is 12.0. The van der Waals surface area contributed by atoms with Crippen LogP contribution in [0.15, 0.2) is 18.2 Å². The van der Waals surface area contributed by atoms with Crippen LogP contribution in [0.4, 0.5) is 5.69 Å². The van der Waals surface area contributed by atoms with Crippen LogP contribution in [0.3, 0.4) is 0 Å². The molecule has 1 amide bonds. The van der Waals surface area contributed by atoms with Gasteiger partial charge < -0.3 is 16.2 Å². The SMILES string of the molecule is NC(CCSCC(=O)Nc1c(Cl)cccc1Cl)C(=O)O. The number of nitrogens with two attached hydrogens (primary N) is 1. The minimum Gasteiger partial charge on any atom is -0.480 e. The average molecular weight is 337 g/mol. The molecule has 110 valence electrons. The number of para-hydroxylation sites is 1. The van der Waals surface area contributed by atoms with Crippen molar-refractivity contribution in [1.29, 1.82) is 0 Å². The molecule has 0 fully saturated rings. The highest BCUT2D eigenvalue weighted by Gasteiger charge is 2.12. The van der Waals surface area contributed by atoms with Crippen LogP contribution in [0.5, 0.6) is 0 Å². The van der Waals surface area contributed by atoms with E-state index in [1.165, 1.54) is 11.8 Å². The third-order valence-electron chi connectivity index (χ3n) is 2.35. The lowest BCUT2D eigenvalue weighted by atomic mass is 10.2. The second-order valence-electron chi connectivity index (χ2n) is 3.93. The van der Waals surface area contributed by atoms with E-state index in [1.807, 2.05) is 0 Å². The summed E-state index contributed by atoms with van der Waals surface area (Å²) in [6.07, 6.45) is 0.306. The van der Waals surface area contributed by atoms with Crippen molar-refractivity contribution < 1.29 is 14.7 Å². The van der Waals surface area contributed by atoms with Gasteiger partial charge in [-0.1, -0.05) is 29.3 Å². The van der Waals surface area contributed by atoms with E-state index in [0.29, 0.717) is 27.9 Å². The Balaban J connectivity index is 2.36. The van der Waals surface area contributed by atoms with Crippen molar-refractivity contribution in [3.8, 4) is 0 Å². The van der Waals surface area contributed by atoms with Crippen LogP contribution in [0, 0.1) is 0 Å². The van der Waals surface area contributed by atoms with Crippen LogP contribution >= 0.6 is 35.0 Å². The van der Waals surface area contributed by atoms with Gasteiger partial charge in [0.1, 0.15) is 6.04 Å². The van der Waals surface area contributed by atoms with Gasteiger partial charge in [0.05, 0.1) is 21.5 Å². The number of rotatable bonds is 7. The molecule has 0 spiro atoms. The monoisotopic (exact) mass is 336 g/mol. The molecule has 1 rings (SSSR count). The largest absolute Gasteiger partial charge is 0.480 e. The van der Waals surface area contributed by atoms with E-state index in [1.54, 1.807) is 18.2 Å². The van der Waals surface area contributed by atoms with Crippen molar-refractivity contribution in [2.45, 2.75) is 12.5 Å². The zero-order valence-corrected chi connectivity index (χ0v) is 12.8. The Morgan fingerprint density at radius 2 is 1.95 bits per heavy atom. The summed E-state index contributed by atoms with van der Waals surface area (Å²) in [6, 6.07) is 4.04. The van der Waals surface area contributed by atoms with Gasteiger partial charge in [-0.25, -0.2) is 0 Å². The first-order valence-electron chi connectivity index (χ1n) is 5.71. The molecule has 4 N–H and O–H groups in total. The molecule has 1 aromatic rings.